The molecule has 230 valence electrons. The molecule has 4 atom stereocenters. The number of hydrogen-bond acceptors (Lipinski definition) is 12. The van der Waals surface area contributed by atoms with Crippen LogP contribution in [0.15, 0.2) is 42.5 Å². The third-order valence-electron chi connectivity index (χ3n) is 6.61. The zero-order chi connectivity index (χ0) is 30.2. The molecule has 0 spiro atoms. The van der Waals surface area contributed by atoms with Gasteiger partial charge in [0.1, 0.15) is 17.2 Å². The lowest BCUT2D eigenvalue weighted by Crippen LogP contribution is -2.39. The summed E-state index contributed by atoms with van der Waals surface area (Å²) in [5.74, 6) is -1.50. The Morgan fingerprint density at radius 2 is 1.07 bits per heavy atom. The number of carbonyl (C=O) groups excluding carboxylic acids is 3. The highest BCUT2D eigenvalue weighted by atomic mass is 16.7. The Kier molecular flexibility index (Phi) is 10.5. The quantitative estimate of drug-likeness (QED) is 0.249. The zero-order valence-corrected chi connectivity index (χ0v) is 23.9. The van der Waals surface area contributed by atoms with E-state index in [0.29, 0.717) is 50.6 Å². The minimum Gasteiger partial charge on any atom is -0.423 e. The molecule has 2 aromatic rings. The van der Waals surface area contributed by atoms with Crippen LogP contribution in [0.4, 0.5) is 0 Å². The van der Waals surface area contributed by atoms with Crippen molar-refractivity contribution in [3.8, 4) is 17.2 Å². The van der Waals surface area contributed by atoms with Gasteiger partial charge in [0, 0.05) is 6.07 Å². The van der Waals surface area contributed by atoms with Gasteiger partial charge in [-0.1, -0.05) is 24.3 Å². The Bertz CT molecular complexity index is 1250. The molecule has 3 saturated heterocycles. The zero-order valence-electron chi connectivity index (χ0n) is 23.9. The van der Waals surface area contributed by atoms with E-state index in [2.05, 4.69) is 0 Å². The maximum absolute atomic E-state index is 12.7. The average molecular weight is 599 g/mol. The summed E-state index contributed by atoms with van der Waals surface area (Å²) in [6, 6.07) is 11.4. The molecule has 2 aromatic carbocycles. The Hall–Kier alpha value is -3.65. The summed E-state index contributed by atoms with van der Waals surface area (Å²) >= 11 is 0. The molecule has 12 nitrogen and oxygen atoms in total. The van der Waals surface area contributed by atoms with E-state index in [-0.39, 0.29) is 23.7 Å². The molecular formula is C31H34O12. The van der Waals surface area contributed by atoms with E-state index >= 15 is 0 Å². The third-order valence-corrected chi connectivity index (χ3v) is 6.61. The standard InChI is InChI=1S/C31H34O12/c1-19-10-14-37-30(39-19)27(33)42-24-16-22(17-25(18-24)43-28(34)31-38-15-11-20(2)40-31)5-4-21-6-8-23(9-7-21)41-26(32)29-35-12-3-13-36-29/h4-9,16-20,29-31H,3,10-15H2,1-2H3/b5-4+/t19-,20-,30?,31?/m1/s1. The largest absolute Gasteiger partial charge is 0.423 e. The van der Waals surface area contributed by atoms with Gasteiger partial charge >= 0.3 is 17.9 Å². The van der Waals surface area contributed by atoms with Crippen LogP contribution in [0.2, 0.25) is 0 Å². The van der Waals surface area contributed by atoms with Crippen LogP contribution >= 0.6 is 0 Å². The third kappa shape index (κ3) is 8.92. The van der Waals surface area contributed by atoms with Crippen molar-refractivity contribution in [2.75, 3.05) is 26.4 Å². The Labute approximate surface area is 248 Å². The molecule has 43 heavy (non-hydrogen) atoms. The van der Waals surface area contributed by atoms with Crippen molar-refractivity contribution >= 4 is 30.1 Å². The number of benzene rings is 2. The van der Waals surface area contributed by atoms with Crippen molar-refractivity contribution < 1.29 is 57.0 Å². The van der Waals surface area contributed by atoms with E-state index in [1.807, 2.05) is 13.8 Å². The average Bonchev–Trinajstić information content (AvgIpc) is 3.01. The maximum Gasteiger partial charge on any atom is 0.368 e. The van der Waals surface area contributed by atoms with Crippen molar-refractivity contribution in [1.82, 2.24) is 0 Å². The van der Waals surface area contributed by atoms with Crippen LogP contribution in [0.5, 0.6) is 17.2 Å². The second kappa shape index (κ2) is 14.7. The predicted molar refractivity (Wildman–Crippen MR) is 149 cm³/mol. The van der Waals surface area contributed by atoms with E-state index in [4.69, 9.17) is 42.6 Å². The summed E-state index contributed by atoms with van der Waals surface area (Å²) in [6.07, 6.45) is 1.93. The molecule has 3 aliphatic rings. The molecule has 0 aliphatic carbocycles. The van der Waals surface area contributed by atoms with E-state index < -0.39 is 36.8 Å². The molecule has 0 radical (unpaired) electrons. The van der Waals surface area contributed by atoms with Gasteiger partial charge in [-0.15, -0.1) is 0 Å². The normalized spacial score (nSPS) is 24.8. The molecule has 0 bridgehead atoms. The molecule has 0 aromatic heterocycles. The summed E-state index contributed by atoms with van der Waals surface area (Å²) in [6.45, 7) is 5.30. The predicted octanol–water partition coefficient (Wildman–Crippen LogP) is 3.64. The van der Waals surface area contributed by atoms with Crippen molar-refractivity contribution in [3.05, 3.63) is 53.6 Å². The first kappa shape index (κ1) is 30.8. The number of esters is 3. The van der Waals surface area contributed by atoms with Gasteiger partial charge in [-0.3, -0.25) is 0 Å². The van der Waals surface area contributed by atoms with Gasteiger partial charge in [0.05, 0.1) is 38.6 Å². The lowest BCUT2D eigenvalue weighted by Gasteiger charge is -2.26. The van der Waals surface area contributed by atoms with E-state index in [0.717, 1.165) is 12.0 Å². The fraction of sp³-hybridized carbons (Fsp3) is 0.452. The molecule has 3 aliphatic heterocycles. The van der Waals surface area contributed by atoms with Crippen LogP contribution in [0.25, 0.3) is 12.2 Å². The van der Waals surface area contributed by atoms with E-state index in [9.17, 15) is 14.4 Å². The van der Waals surface area contributed by atoms with Crippen LogP contribution in [0.1, 0.15) is 44.2 Å². The Balaban J connectivity index is 1.29. The summed E-state index contributed by atoms with van der Waals surface area (Å²) in [5.41, 5.74) is 1.34. The van der Waals surface area contributed by atoms with Gasteiger partial charge in [-0.25, -0.2) is 14.4 Å². The summed E-state index contributed by atoms with van der Waals surface area (Å²) in [7, 11) is 0. The van der Waals surface area contributed by atoms with Gasteiger partial charge < -0.3 is 42.6 Å². The van der Waals surface area contributed by atoms with Crippen molar-refractivity contribution in [3.63, 3.8) is 0 Å². The van der Waals surface area contributed by atoms with Crippen LogP contribution < -0.4 is 14.2 Å². The van der Waals surface area contributed by atoms with E-state index in [1.165, 1.54) is 6.07 Å². The molecule has 0 amide bonds. The highest BCUT2D eigenvalue weighted by Gasteiger charge is 2.30. The smallest absolute Gasteiger partial charge is 0.368 e. The van der Waals surface area contributed by atoms with Gasteiger partial charge in [0.25, 0.3) is 18.9 Å². The van der Waals surface area contributed by atoms with Gasteiger partial charge in [-0.05, 0) is 68.5 Å². The fourth-order valence-electron chi connectivity index (χ4n) is 4.33. The summed E-state index contributed by atoms with van der Waals surface area (Å²) in [4.78, 5) is 37.7. The number of rotatable bonds is 8. The molecule has 3 fully saturated rings. The van der Waals surface area contributed by atoms with Crippen LogP contribution in [0, 0.1) is 0 Å². The minimum absolute atomic E-state index is 0.119. The Morgan fingerprint density at radius 3 is 1.60 bits per heavy atom. The number of carbonyl (C=O) groups is 3. The fourth-order valence-corrected chi connectivity index (χ4v) is 4.33. The second-order valence-corrected chi connectivity index (χ2v) is 10.2. The molecular weight excluding hydrogens is 564 g/mol. The van der Waals surface area contributed by atoms with Crippen LogP contribution in [0.3, 0.4) is 0 Å². The van der Waals surface area contributed by atoms with Crippen molar-refractivity contribution in [1.29, 1.82) is 0 Å². The molecule has 0 saturated carbocycles. The minimum atomic E-state index is -1.16. The molecule has 2 unspecified atom stereocenters. The highest BCUT2D eigenvalue weighted by Crippen LogP contribution is 2.27. The van der Waals surface area contributed by atoms with Gasteiger partial charge in [0.15, 0.2) is 0 Å². The monoisotopic (exact) mass is 598 g/mol. The number of ether oxygens (including phenoxy) is 9. The summed E-state index contributed by atoms with van der Waals surface area (Å²) in [5, 5.41) is 0. The van der Waals surface area contributed by atoms with Gasteiger partial charge in [0.2, 0.25) is 0 Å². The van der Waals surface area contributed by atoms with Gasteiger partial charge in [-0.2, -0.15) is 0 Å². The van der Waals surface area contributed by atoms with E-state index in [1.54, 1.807) is 48.6 Å². The van der Waals surface area contributed by atoms with Crippen molar-refractivity contribution in [2.24, 2.45) is 0 Å². The SMILES string of the molecule is C[C@@H]1CCOC(C(=O)Oc2cc(/C=C/c3ccc(OC(=O)C4OCCCO4)cc3)cc(OC(=O)C3OCC[C@@H](C)O3)c2)O1. The second-order valence-electron chi connectivity index (χ2n) is 10.2. The first-order valence-electron chi connectivity index (χ1n) is 14.2. The molecule has 12 heteroatoms. The van der Waals surface area contributed by atoms with Crippen LogP contribution in [-0.4, -0.2) is 75.4 Å². The molecule has 5 rings (SSSR count). The highest BCUT2D eigenvalue weighted by molar-refractivity contribution is 5.79. The summed E-state index contributed by atoms with van der Waals surface area (Å²) < 4.78 is 48.8. The molecule has 3 heterocycles. The topological polar surface area (TPSA) is 134 Å². The lowest BCUT2D eigenvalue weighted by molar-refractivity contribution is -0.219. The van der Waals surface area contributed by atoms with Crippen molar-refractivity contribution in [2.45, 2.75) is 64.2 Å². The first-order valence-corrected chi connectivity index (χ1v) is 14.2. The van der Waals surface area contributed by atoms with Crippen LogP contribution in [-0.2, 0) is 42.8 Å². The molecule has 0 N–H and O–H groups in total. The Morgan fingerprint density at radius 1 is 0.605 bits per heavy atom. The maximum atomic E-state index is 12.7. The first-order chi connectivity index (χ1) is 20.8. The number of hydrogen-bond donors (Lipinski definition) is 0. The lowest BCUT2D eigenvalue weighted by atomic mass is 10.1.